The third-order valence-electron chi connectivity index (χ3n) is 1.73. The lowest BCUT2D eigenvalue weighted by Gasteiger charge is -2.19. The quantitative estimate of drug-likeness (QED) is 0.864. The Bertz CT molecular complexity index is 482. The molecular weight excluding hydrogens is 260 g/mol. The molecule has 0 aliphatic carbocycles. The Labute approximate surface area is 109 Å². The molecule has 0 aliphatic heterocycles. The molecule has 0 fully saturated rings. The lowest BCUT2D eigenvalue weighted by atomic mass is 10.2. The van der Waals surface area contributed by atoms with Crippen molar-refractivity contribution in [2.75, 3.05) is 5.32 Å². The Morgan fingerprint density at radius 1 is 1.44 bits per heavy atom. The van der Waals surface area contributed by atoms with Crippen molar-refractivity contribution in [2.45, 2.75) is 26.4 Å². The van der Waals surface area contributed by atoms with Crippen molar-refractivity contribution >= 4 is 29.5 Å². The molecule has 1 amide bonds. The molecule has 1 rings (SSSR count). The highest BCUT2D eigenvalue weighted by atomic mass is 35.5. The molecule has 0 aromatic carbocycles. The van der Waals surface area contributed by atoms with E-state index in [4.69, 9.17) is 21.4 Å². The molecule has 2 N–H and O–H groups in total. The minimum absolute atomic E-state index is 0.0106. The first-order valence-electron chi connectivity index (χ1n) is 5.08. The number of carboxylic acid groups (broad SMARTS) is 1. The molecule has 18 heavy (non-hydrogen) atoms. The molecule has 0 spiro atoms. The van der Waals surface area contributed by atoms with Crippen molar-refractivity contribution in [1.82, 2.24) is 4.98 Å². The Morgan fingerprint density at radius 3 is 2.56 bits per heavy atom. The van der Waals surface area contributed by atoms with Crippen LogP contribution in [0.3, 0.4) is 0 Å². The average Bonchev–Trinajstić information content (AvgIpc) is 2.13. The van der Waals surface area contributed by atoms with Crippen molar-refractivity contribution in [3.05, 3.63) is 22.8 Å². The summed E-state index contributed by atoms with van der Waals surface area (Å²) >= 11 is 5.73. The molecule has 98 valence electrons. The molecule has 0 aliphatic rings. The van der Waals surface area contributed by atoms with Gasteiger partial charge in [0.15, 0.2) is 5.82 Å². The van der Waals surface area contributed by atoms with Gasteiger partial charge in [-0.1, -0.05) is 11.6 Å². The van der Waals surface area contributed by atoms with Gasteiger partial charge in [-0.2, -0.15) is 0 Å². The first-order valence-corrected chi connectivity index (χ1v) is 5.46. The number of carboxylic acids is 1. The van der Waals surface area contributed by atoms with Gasteiger partial charge in [-0.25, -0.2) is 14.6 Å². The third-order valence-corrected chi connectivity index (χ3v) is 2.05. The summed E-state index contributed by atoms with van der Waals surface area (Å²) in [6.07, 6.45) is 0.501. The van der Waals surface area contributed by atoms with Gasteiger partial charge in [0.1, 0.15) is 11.2 Å². The zero-order chi connectivity index (χ0) is 13.9. The molecular formula is C11H13ClN2O4. The molecule has 0 radical (unpaired) electrons. The SMILES string of the molecule is CC(C)(C)OC(=O)Nc1nccc(Cl)c1C(=O)O. The first-order chi connectivity index (χ1) is 8.20. The van der Waals surface area contributed by atoms with Crippen LogP contribution in [0, 0.1) is 0 Å². The van der Waals surface area contributed by atoms with Crippen LogP contribution in [-0.2, 0) is 4.74 Å². The molecule has 1 aromatic heterocycles. The van der Waals surface area contributed by atoms with Crippen molar-refractivity contribution in [1.29, 1.82) is 0 Å². The van der Waals surface area contributed by atoms with Gasteiger partial charge in [0, 0.05) is 6.20 Å². The standard InChI is InChI=1S/C11H13ClN2O4/c1-11(2,3)18-10(17)14-8-7(9(15)16)6(12)4-5-13-8/h4-5H,1-3H3,(H,15,16)(H,13,14,17). The van der Waals surface area contributed by atoms with E-state index in [0.717, 1.165) is 0 Å². The molecule has 7 heteroatoms. The van der Waals surface area contributed by atoms with E-state index < -0.39 is 17.7 Å². The highest BCUT2D eigenvalue weighted by molar-refractivity contribution is 6.34. The van der Waals surface area contributed by atoms with Crippen LogP contribution in [0.4, 0.5) is 10.6 Å². The van der Waals surface area contributed by atoms with Crippen LogP contribution in [-0.4, -0.2) is 27.8 Å². The van der Waals surface area contributed by atoms with Crippen molar-refractivity contribution in [2.24, 2.45) is 0 Å². The van der Waals surface area contributed by atoms with Crippen LogP contribution in [0.2, 0.25) is 5.02 Å². The smallest absolute Gasteiger partial charge is 0.413 e. The van der Waals surface area contributed by atoms with E-state index in [1.54, 1.807) is 20.8 Å². The van der Waals surface area contributed by atoms with Crippen molar-refractivity contribution in [3.63, 3.8) is 0 Å². The number of carbonyl (C=O) groups is 2. The van der Waals surface area contributed by atoms with Crippen LogP contribution >= 0.6 is 11.6 Å². The van der Waals surface area contributed by atoms with Crippen LogP contribution in [0.15, 0.2) is 12.3 Å². The van der Waals surface area contributed by atoms with Gasteiger partial charge in [-0.05, 0) is 26.8 Å². The maximum atomic E-state index is 11.5. The van der Waals surface area contributed by atoms with E-state index in [-0.39, 0.29) is 16.4 Å². The maximum Gasteiger partial charge on any atom is 0.413 e. The summed E-state index contributed by atoms with van der Waals surface area (Å²) in [4.78, 5) is 26.3. The predicted octanol–water partition coefficient (Wildman–Crippen LogP) is 2.78. The number of anilines is 1. The maximum absolute atomic E-state index is 11.5. The number of pyridine rings is 1. The van der Waals surface area contributed by atoms with Gasteiger partial charge in [-0.3, -0.25) is 5.32 Å². The number of hydrogen-bond donors (Lipinski definition) is 2. The number of amides is 1. The number of aromatic carboxylic acids is 1. The summed E-state index contributed by atoms with van der Waals surface area (Å²) in [5.41, 5.74) is -0.962. The van der Waals surface area contributed by atoms with Crippen molar-refractivity contribution in [3.8, 4) is 0 Å². The Hall–Kier alpha value is -1.82. The highest BCUT2D eigenvalue weighted by Gasteiger charge is 2.21. The fourth-order valence-corrected chi connectivity index (χ4v) is 1.36. The second-order valence-corrected chi connectivity index (χ2v) is 4.86. The van der Waals surface area contributed by atoms with Crippen LogP contribution in [0.1, 0.15) is 31.1 Å². The monoisotopic (exact) mass is 272 g/mol. The lowest BCUT2D eigenvalue weighted by Crippen LogP contribution is -2.28. The normalized spacial score (nSPS) is 10.9. The number of halogens is 1. The zero-order valence-electron chi connectivity index (χ0n) is 10.2. The molecule has 0 saturated carbocycles. The van der Waals surface area contributed by atoms with Gasteiger partial charge in [0.25, 0.3) is 0 Å². The molecule has 1 aromatic rings. The van der Waals surface area contributed by atoms with E-state index in [1.165, 1.54) is 12.3 Å². The highest BCUT2D eigenvalue weighted by Crippen LogP contribution is 2.22. The Kier molecular flexibility index (Phi) is 4.13. The minimum atomic E-state index is -1.28. The average molecular weight is 273 g/mol. The summed E-state index contributed by atoms with van der Waals surface area (Å²) in [6.45, 7) is 5.07. The predicted molar refractivity (Wildman–Crippen MR) is 66.1 cm³/mol. The first kappa shape index (κ1) is 14.2. The molecule has 0 saturated heterocycles. The van der Waals surface area contributed by atoms with Crippen LogP contribution in [0.5, 0.6) is 0 Å². The van der Waals surface area contributed by atoms with Crippen molar-refractivity contribution < 1.29 is 19.4 Å². The molecule has 0 bridgehead atoms. The van der Waals surface area contributed by atoms with E-state index in [2.05, 4.69) is 10.3 Å². The summed E-state index contributed by atoms with van der Waals surface area (Å²) in [5.74, 6) is -1.43. The lowest BCUT2D eigenvalue weighted by molar-refractivity contribution is 0.0635. The number of carbonyl (C=O) groups excluding carboxylic acids is 1. The number of nitrogens with one attached hydrogen (secondary N) is 1. The fourth-order valence-electron chi connectivity index (χ4n) is 1.14. The van der Waals surface area contributed by atoms with Gasteiger partial charge < -0.3 is 9.84 Å². The second-order valence-electron chi connectivity index (χ2n) is 4.45. The Balaban J connectivity index is 2.95. The fraction of sp³-hybridized carbons (Fsp3) is 0.364. The van der Waals surface area contributed by atoms with Gasteiger partial charge in [0.05, 0.1) is 5.02 Å². The topological polar surface area (TPSA) is 88.5 Å². The van der Waals surface area contributed by atoms with E-state index in [0.29, 0.717) is 0 Å². The zero-order valence-corrected chi connectivity index (χ0v) is 10.9. The van der Waals surface area contributed by atoms with E-state index in [9.17, 15) is 9.59 Å². The number of nitrogens with zero attached hydrogens (tertiary/aromatic N) is 1. The largest absolute Gasteiger partial charge is 0.478 e. The number of rotatable bonds is 2. The molecule has 0 atom stereocenters. The number of hydrogen-bond acceptors (Lipinski definition) is 4. The third kappa shape index (κ3) is 3.89. The molecule has 0 unspecified atom stereocenters. The van der Waals surface area contributed by atoms with Gasteiger partial charge >= 0.3 is 12.1 Å². The van der Waals surface area contributed by atoms with Gasteiger partial charge in [0.2, 0.25) is 0 Å². The molecule has 1 heterocycles. The van der Waals surface area contributed by atoms with E-state index in [1.807, 2.05) is 0 Å². The number of ether oxygens (including phenoxy) is 1. The number of aromatic nitrogens is 1. The second kappa shape index (κ2) is 5.22. The van der Waals surface area contributed by atoms with E-state index >= 15 is 0 Å². The van der Waals surface area contributed by atoms with Gasteiger partial charge in [-0.15, -0.1) is 0 Å². The Morgan fingerprint density at radius 2 is 2.06 bits per heavy atom. The summed E-state index contributed by atoms with van der Waals surface area (Å²) < 4.78 is 4.99. The van der Waals surface area contributed by atoms with Crippen LogP contribution < -0.4 is 5.32 Å². The summed E-state index contributed by atoms with van der Waals surface area (Å²) in [5, 5.41) is 11.2. The minimum Gasteiger partial charge on any atom is -0.478 e. The summed E-state index contributed by atoms with van der Waals surface area (Å²) in [6, 6.07) is 1.32. The van der Waals surface area contributed by atoms with Crippen LogP contribution in [0.25, 0.3) is 0 Å². The summed E-state index contributed by atoms with van der Waals surface area (Å²) in [7, 11) is 0. The molecule has 6 nitrogen and oxygen atoms in total.